The Morgan fingerprint density at radius 2 is 1.78 bits per heavy atom. The Morgan fingerprint density at radius 1 is 1.01 bits per heavy atom. The lowest BCUT2D eigenvalue weighted by atomic mass is 9.84. The van der Waals surface area contributed by atoms with Gasteiger partial charge in [-0.15, -0.1) is 11.3 Å². The molecule has 1 aromatic carbocycles. The topological polar surface area (TPSA) is 162 Å². The Balaban J connectivity index is 1.12. The molecule has 2 amide bonds. The lowest BCUT2D eigenvalue weighted by molar-refractivity contribution is -0.157. The number of alkyl halides is 2. The third-order valence-electron chi connectivity index (χ3n) is 16.1. The molecule has 7 atom stereocenters. The molecule has 3 aromatic heterocycles. The maximum atomic E-state index is 14.7. The highest BCUT2D eigenvalue weighted by atomic mass is 32.1. The summed E-state index contributed by atoms with van der Waals surface area (Å²) in [5, 5.41) is 7.27. The molecular weight excluding hydrogens is 959 g/mol. The van der Waals surface area contributed by atoms with Crippen molar-refractivity contribution in [1.82, 2.24) is 35.2 Å². The van der Waals surface area contributed by atoms with Crippen LogP contribution < -0.4 is 15.6 Å². The number of carbonyl (C=O) groups is 3. The third kappa shape index (κ3) is 11.3. The molecule has 2 saturated carbocycles. The number of cyclic esters (lactones) is 1. The molecule has 5 fully saturated rings. The maximum absolute atomic E-state index is 14.7. The first kappa shape index (κ1) is 51.8. The molecule has 2 N–H and O–H groups in total. The zero-order valence-electron chi connectivity index (χ0n) is 43.1. The minimum atomic E-state index is -2.86. The Hall–Kier alpha value is -4.63. The highest BCUT2D eigenvalue weighted by Crippen LogP contribution is 2.47. The van der Waals surface area contributed by atoms with E-state index in [0.717, 1.165) is 83.7 Å². The van der Waals surface area contributed by atoms with Crippen LogP contribution in [-0.2, 0) is 51.0 Å². The van der Waals surface area contributed by atoms with E-state index in [4.69, 9.17) is 33.7 Å². The van der Waals surface area contributed by atoms with Crippen LogP contribution >= 0.6 is 11.3 Å². The van der Waals surface area contributed by atoms with Gasteiger partial charge in [-0.3, -0.25) is 29.3 Å². The van der Waals surface area contributed by atoms with E-state index < -0.39 is 48.5 Å². The van der Waals surface area contributed by atoms with E-state index in [9.17, 15) is 23.2 Å². The fourth-order valence-corrected chi connectivity index (χ4v) is 12.3. The van der Waals surface area contributed by atoms with E-state index in [2.05, 4.69) is 57.2 Å². The minimum Gasteiger partial charge on any atom is -0.464 e. The molecule has 4 aromatic rings. The van der Waals surface area contributed by atoms with Gasteiger partial charge in [0, 0.05) is 104 Å². The van der Waals surface area contributed by atoms with Crippen molar-refractivity contribution in [2.75, 3.05) is 77.8 Å². The Kier molecular flexibility index (Phi) is 15.6. The van der Waals surface area contributed by atoms with E-state index in [1.807, 2.05) is 38.4 Å². The number of esters is 1. The van der Waals surface area contributed by atoms with E-state index in [1.165, 1.54) is 29.2 Å². The van der Waals surface area contributed by atoms with Crippen LogP contribution in [0.1, 0.15) is 102 Å². The molecular formula is C54H72F2N8O8S. The average molecular weight is 1030 g/mol. The molecule has 6 bridgehead atoms. The number of piperazine rings is 1. The van der Waals surface area contributed by atoms with Crippen molar-refractivity contribution >= 4 is 45.7 Å². The molecule has 0 radical (unpaired) electrons. The maximum Gasteiger partial charge on any atom is 0.324 e. The van der Waals surface area contributed by atoms with Crippen LogP contribution in [-0.4, -0.2) is 146 Å². The van der Waals surface area contributed by atoms with Gasteiger partial charge in [-0.05, 0) is 87.5 Å². The van der Waals surface area contributed by atoms with Gasteiger partial charge in [-0.2, -0.15) is 0 Å². The molecule has 16 nitrogen and oxygen atoms in total. The number of aromatic nitrogens is 3. The van der Waals surface area contributed by atoms with Crippen molar-refractivity contribution in [2.45, 2.75) is 129 Å². The summed E-state index contributed by atoms with van der Waals surface area (Å²) < 4.78 is 61.1. The predicted octanol–water partition coefficient (Wildman–Crippen LogP) is 7.34. The first-order valence-corrected chi connectivity index (χ1v) is 27.3. The number of hydrazine groups is 1. The summed E-state index contributed by atoms with van der Waals surface area (Å²) in [6.07, 6.45) is 3.01. The number of methoxy groups -OCH3 is 1. The number of rotatable bonds is 14. The summed E-state index contributed by atoms with van der Waals surface area (Å²) in [6, 6.07) is 6.89. The van der Waals surface area contributed by atoms with Crippen molar-refractivity contribution in [3.63, 3.8) is 0 Å². The number of halogens is 2. The van der Waals surface area contributed by atoms with Crippen LogP contribution in [0.25, 0.3) is 33.4 Å². The number of amides is 2. The largest absolute Gasteiger partial charge is 0.464 e. The SMILES string of the molecule is CO[C@@H](C)c1ncc(N2CCN(C3CC3)CC2)cc1-c1c2c3cc(ccc3n1CCOC1CCOCC1)-c1csc(n1)[C@@H](OCC(F)F)[C@H](NC(=O)C1[C@@H](C)[C@H]1C)C(=O)N1CCC[C@H](N1)C(=O)OCC(C)(C)C2. The van der Waals surface area contributed by atoms with Gasteiger partial charge >= 0.3 is 5.97 Å². The van der Waals surface area contributed by atoms with Gasteiger partial charge in [0.05, 0.1) is 54.4 Å². The fourth-order valence-electron chi connectivity index (χ4n) is 11.4. The van der Waals surface area contributed by atoms with Gasteiger partial charge in [0.2, 0.25) is 5.91 Å². The molecule has 396 valence electrons. The normalized spacial score (nSPS) is 26.8. The molecule has 2 aliphatic carbocycles. The molecule has 6 aliphatic rings. The second-order valence-corrected chi connectivity index (χ2v) is 22.8. The molecule has 7 heterocycles. The highest BCUT2D eigenvalue weighted by molar-refractivity contribution is 7.10. The molecule has 10 rings (SSSR count). The van der Waals surface area contributed by atoms with Gasteiger partial charge < -0.3 is 38.5 Å². The summed E-state index contributed by atoms with van der Waals surface area (Å²) in [5.74, 6) is -1.70. The lowest BCUT2D eigenvalue weighted by Crippen LogP contribution is -2.61. The quantitative estimate of drug-likeness (QED) is 0.121. The van der Waals surface area contributed by atoms with Crippen molar-refractivity contribution in [3.05, 3.63) is 52.1 Å². The number of hydrogen-bond acceptors (Lipinski definition) is 14. The zero-order valence-corrected chi connectivity index (χ0v) is 43.9. The fraction of sp³-hybridized carbons (Fsp3) is 0.648. The van der Waals surface area contributed by atoms with E-state index in [1.54, 1.807) is 7.11 Å². The molecule has 19 heteroatoms. The van der Waals surface area contributed by atoms with Gasteiger partial charge in [-0.25, -0.2) is 19.2 Å². The first-order chi connectivity index (χ1) is 35.2. The molecule has 1 unspecified atom stereocenters. The van der Waals surface area contributed by atoms with Crippen LogP contribution in [0.4, 0.5) is 14.5 Å². The van der Waals surface area contributed by atoms with Crippen molar-refractivity contribution in [3.8, 4) is 22.5 Å². The number of pyridine rings is 1. The number of hydrogen-bond donors (Lipinski definition) is 2. The number of nitrogens with zero attached hydrogens (tertiary/aromatic N) is 6. The first-order valence-electron chi connectivity index (χ1n) is 26.4. The number of ether oxygens (including phenoxy) is 5. The van der Waals surface area contributed by atoms with Crippen molar-refractivity contribution < 1.29 is 46.8 Å². The summed E-state index contributed by atoms with van der Waals surface area (Å²) in [4.78, 5) is 58.1. The van der Waals surface area contributed by atoms with Crippen LogP contribution in [0.2, 0.25) is 0 Å². The van der Waals surface area contributed by atoms with Gasteiger partial charge in [-0.1, -0.05) is 33.8 Å². The number of benzene rings is 1. The molecule has 4 aliphatic heterocycles. The van der Waals surface area contributed by atoms with Crippen LogP contribution in [0, 0.1) is 23.2 Å². The van der Waals surface area contributed by atoms with Crippen LogP contribution in [0.5, 0.6) is 0 Å². The van der Waals surface area contributed by atoms with Crippen molar-refractivity contribution in [2.24, 2.45) is 23.2 Å². The summed E-state index contributed by atoms with van der Waals surface area (Å²) >= 11 is 1.18. The lowest BCUT2D eigenvalue weighted by Gasteiger charge is -2.37. The Morgan fingerprint density at radius 3 is 2.49 bits per heavy atom. The zero-order chi connectivity index (χ0) is 51.1. The molecule has 73 heavy (non-hydrogen) atoms. The van der Waals surface area contributed by atoms with Crippen LogP contribution in [0.15, 0.2) is 35.8 Å². The van der Waals surface area contributed by atoms with Crippen molar-refractivity contribution in [1.29, 1.82) is 0 Å². The minimum absolute atomic E-state index is 0.0664. The van der Waals surface area contributed by atoms with Gasteiger partial charge in [0.1, 0.15) is 29.8 Å². The highest BCUT2D eigenvalue weighted by Gasteiger charge is 2.50. The summed E-state index contributed by atoms with van der Waals surface area (Å²) in [5.41, 5.74) is 9.54. The van der Waals surface area contributed by atoms with E-state index in [0.29, 0.717) is 57.4 Å². The van der Waals surface area contributed by atoms with Crippen LogP contribution in [0.3, 0.4) is 0 Å². The third-order valence-corrected chi connectivity index (χ3v) is 17.0. The Labute approximate surface area is 430 Å². The van der Waals surface area contributed by atoms with Gasteiger partial charge in [0.25, 0.3) is 12.3 Å². The average Bonchev–Trinajstić information content (AvgIpc) is 4.26. The molecule has 0 spiro atoms. The Bertz CT molecular complexity index is 2620. The second kappa shape index (κ2) is 21.9. The number of fused-ring (bicyclic) bond motifs is 6. The second-order valence-electron chi connectivity index (χ2n) is 21.9. The number of thiazole rings is 1. The number of nitrogens with one attached hydrogen (secondary N) is 2. The number of anilines is 1. The van der Waals surface area contributed by atoms with E-state index in [-0.39, 0.29) is 54.0 Å². The van der Waals surface area contributed by atoms with E-state index >= 15 is 0 Å². The summed E-state index contributed by atoms with van der Waals surface area (Å²) in [6.45, 7) is 15.5. The predicted molar refractivity (Wildman–Crippen MR) is 273 cm³/mol. The standard InChI is InChI=1S/C54H72F2N8O8S/c1-31-32(2)45(31)50(65)59-47-49(71-28-44(55)56)51-58-42(29-73-51)34-9-12-43-38(24-34)40(26-54(4,5)30-72-53(67)41-8-7-15-64(60-41)52(47)66)48(63(43)20-23-70-37-13-21-69-22-14-37)39-25-36(27-57-46(39)33(3)68-6)62-18-16-61(17-19-62)35-10-11-35/h9,12,24-25,27,29,31-33,35,37,41,44-45,47,49,60H,7-8,10-11,13-23,26,28,30H2,1-6H3,(H,59,65)/t31-,32+,33-,41-,45?,47-,49-/m0/s1. The molecule has 3 saturated heterocycles. The monoisotopic (exact) mass is 1030 g/mol. The number of carbonyl (C=O) groups excluding carboxylic acids is 3. The van der Waals surface area contributed by atoms with Gasteiger partial charge in [0.15, 0.2) is 0 Å². The smallest absolute Gasteiger partial charge is 0.324 e. The summed E-state index contributed by atoms with van der Waals surface area (Å²) in [7, 11) is 1.70.